The minimum Gasteiger partial charge on any atom is -0.469 e. The first-order valence-electron chi connectivity index (χ1n) is 13.9. The van der Waals surface area contributed by atoms with Gasteiger partial charge in [0.05, 0.1) is 30.2 Å². The first-order valence-corrected chi connectivity index (χ1v) is 14.3. The van der Waals surface area contributed by atoms with Gasteiger partial charge in [-0.15, -0.1) is 0 Å². The Bertz CT molecular complexity index is 1650. The van der Waals surface area contributed by atoms with Crippen molar-refractivity contribution in [2.75, 3.05) is 13.7 Å². The molecule has 0 saturated carbocycles. The second-order valence-corrected chi connectivity index (χ2v) is 10.9. The summed E-state index contributed by atoms with van der Waals surface area (Å²) >= 11 is 6.39. The molecule has 0 saturated heterocycles. The number of hydrogen-bond acceptors (Lipinski definition) is 4. The average molecular weight is 606 g/mol. The number of alkyl halides is 3. The van der Waals surface area contributed by atoms with Crippen molar-refractivity contribution in [2.45, 2.75) is 38.0 Å². The number of carbonyl (C=O) groups excluding carboxylic acids is 1. The van der Waals surface area contributed by atoms with Crippen LogP contribution in [0.15, 0.2) is 108 Å². The Balaban J connectivity index is 1.55. The second-order valence-electron chi connectivity index (χ2n) is 10.5. The smallest absolute Gasteiger partial charge is 0.417 e. The fourth-order valence-electron chi connectivity index (χ4n) is 5.36. The zero-order valence-electron chi connectivity index (χ0n) is 23.8. The van der Waals surface area contributed by atoms with E-state index in [2.05, 4.69) is 29.2 Å². The number of ether oxygens (including phenoxy) is 1. The zero-order valence-corrected chi connectivity index (χ0v) is 24.5. The first-order chi connectivity index (χ1) is 20.6. The Kier molecular flexibility index (Phi) is 9.23. The molecule has 0 aliphatic heterocycles. The summed E-state index contributed by atoms with van der Waals surface area (Å²) in [4.78, 5) is 13.9. The predicted octanol–water partition coefficient (Wildman–Crippen LogP) is 9.22. The van der Waals surface area contributed by atoms with Gasteiger partial charge in [-0.25, -0.2) is 0 Å². The Morgan fingerprint density at radius 3 is 2.16 bits per heavy atom. The van der Waals surface area contributed by atoms with E-state index in [0.29, 0.717) is 23.5 Å². The van der Waals surface area contributed by atoms with Crippen molar-refractivity contribution in [3.8, 4) is 0 Å². The van der Waals surface area contributed by atoms with Gasteiger partial charge in [0.2, 0.25) is 0 Å². The lowest BCUT2D eigenvalue weighted by Crippen LogP contribution is -2.31. The van der Waals surface area contributed by atoms with Gasteiger partial charge in [-0.05, 0) is 53.4 Å². The predicted molar refractivity (Wildman–Crippen MR) is 162 cm³/mol. The van der Waals surface area contributed by atoms with Crippen LogP contribution in [0, 0.1) is 0 Å². The molecule has 0 aliphatic carbocycles. The molecule has 222 valence electrons. The lowest BCUT2D eigenvalue weighted by molar-refractivity contribution is -0.140. The fraction of sp³-hybridized carbons (Fsp3) is 0.229. The molecule has 4 nitrogen and oxygen atoms in total. The van der Waals surface area contributed by atoms with Crippen LogP contribution in [0.5, 0.6) is 0 Å². The standard InChI is InChI=1S/C35H31ClF3NO3/c1-23(32-20-28-18-24(19-33(41)42-2)16-17-31(28)43-32)40(21-27-14-9-15-30(34(27)36)35(37,38)39)22-29(25-10-5-3-6-11-25)26-12-7-4-8-13-26/h3-18,20,23,29H,19,21-22H2,1-2H3. The largest absolute Gasteiger partial charge is 0.469 e. The topological polar surface area (TPSA) is 42.7 Å². The van der Waals surface area contributed by atoms with Crippen molar-refractivity contribution in [2.24, 2.45) is 0 Å². The molecule has 5 rings (SSSR count). The SMILES string of the molecule is COC(=O)Cc1ccc2oc(C(C)N(Cc3cccc(C(F)(F)F)c3Cl)CC(c3ccccc3)c3ccccc3)cc2c1. The van der Waals surface area contributed by atoms with Crippen molar-refractivity contribution in [1.29, 1.82) is 0 Å². The van der Waals surface area contributed by atoms with Gasteiger partial charge in [-0.1, -0.05) is 90.5 Å². The molecule has 5 aromatic rings. The van der Waals surface area contributed by atoms with Gasteiger partial charge in [0, 0.05) is 24.4 Å². The van der Waals surface area contributed by atoms with Crippen LogP contribution in [0.1, 0.15) is 52.5 Å². The maximum atomic E-state index is 13.8. The highest BCUT2D eigenvalue weighted by molar-refractivity contribution is 6.32. The number of halogens is 4. The van der Waals surface area contributed by atoms with Gasteiger partial charge >= 0.3 is 12.1 Å². The van der Waals surface area contributed by atoms with E-state index in [0.717, 1.165) is 28.1 Å². The Labute approximate surface area is 253 Å². The number of methoxy groups -OCH3 is 1. The number of fused-ring (bicyclic) bond motifs is 1. The summed E-state index contributed by atoms with van der Waals surface area (Å²) in [5, 5.41) is 0.517. The lowest BCUT2D eigenvalue weighted by atomic mass is 9.90. The molecule has 1 unspecified atom stereocenters. The number of carbonyl (C=O) groups is 1. The molecular weight excluding hydrogens is 575 g/mol. The van der Waals surface area contributed by atoms with E-state index >= 15 is 0 Å². The number of nitrogens with zero attached hydrogens (tertiary/aromatic N) is 1. The number of esters is 1. The van der Waals surface area contributed by atoms with E-state index < -0.39 is 11.7 Å². The van der Waals surface area contributed by atoms with E-state index in [4.69, 9.17) is 20.8 Å². The molecule has 43 heavy (non-hydrogen) atoms. The maximum absolute atomic E-state index is 13.8. The third-order valence-electron chi connectivity index (χ3n) is 7.71. The Morgan fingerprint density at radius 2 is 1.56 bits per heavy atom. The first kappa shape index (κ1) is 30.4. The molecule has 0 radical (unpaired) electrons. The van der Waals surface area contributed by atoms with Crippen molar-refractivity contribution in [1.82, 2.24) is 4.90 Å². The molecule has 4 aromatic carbocycles. The van der Waals surface area contributed by atoms with E-state index in [1.807, 2.05) is 67.6 Å². The quantitative estimate of drug-likeness (QED) is 0.149. The minimum absolute atomic E-state index is 0.0783. The molecule has 1 heterocycles. The van der Waals surface area contributed by atoms with Crippen LogP contribution in [0.3, 0.4) is 0 Å². The van der Waals surface area contributed by atoms with Crippen LogP contribution in [-0.4, -0.2) is 24.5 Å². The van der Waals surface area contributed by atoms with Crippen molar-refractivity contribution >= 4 is 28.5 Å². The average Bonchev–Trinajstić information content (AvgIpc) is 3.43. The number of rotatable bonds is 10. The molecule has 8 heteroatoms. The maximum Gasteiger partial charge on any atom is 0.417 e. The monoisotopic (exact) mass is 605 g/mol. The van der Waals surface area contributed by atoms with Crippen molar-refractivity contribution in [3.63, 3.8) is 0 Å². The van der Waals surface area contributed by atoms with Crippen LogP contribution in [-0.2, 0) is 28.7 Å². The van der Waals surface area contributed by atoms with E-state index in [1.165, 1.54) is 13.2 Å². The molecule has 0 aliphatic rings. The number of hydrogen-bond donors (Lipinski definition) is 0. The number of benzene rings is 4. The highest BCUT2D eigenvalue weighted by Crippen LogP contribution is 2.39. The van der Waals surface area contributed by atoms with E-state index in [-0.39, 0.29) is 35.9 Å². The molecule has 0 amide bonds. The summed E-state index contributed by atoms with van der Waals surface area (Å²) in [5.74, 6) is 0.229. The number of furan rings is 1. The van der Waals surface area contributed by atoms with Gasteiger partial charge < -0.3 is 9.15 Å². The van der Waals surface area contributed by atoms with Crippen LogP contribution in [0.4, 0.5) is 13.2 Å². The molecule has 1 aromatic heterocycles. The molecule has 0 spiro atoms. The molecule has 1 atom stereocenters. The van der Waals surface area contributed by atoms with Gasteiger partial charge in [-0.3, -0.25) is 9.69 Å². The van der Waals surface area contributed by atoms with Crippen LogP contribution in [0.2, 0.25) is 5.02 Å². The summed E-state index contributed by atoms with van der Waals surface area (Å²) in [6.45, 7) is 2.61. The van der Waals surface area contributed by atoms with Gasteiger partial charge in [0.1, 0.15) is 11.3 Å². The Morgan fingerprint density at radius 1 is 0.907 bits per heavy atom. The third kappa shape index (κ3) is 7.12. The zero-order chi connectivity index (χ0) is 30.6. The fourth-order valence-corrected chi connectivity index (χ4v) is 5.65. The molecule has 0 N–H and O–H groups in total. The summed E-state index contributed by atoms with van der Waals surface area (Å²) in [5.41, 5.74) is 3.12. The highest BCUT2D eigenvalue weighted by Gasteiger charge is 2.34. The summed E-state index contributed by atoms with van der Waals surface area (Å²) in [7, 11) is 1.35. The van der Waals surface area contributed by atoms with Crippen LogP contribution in [0.25, 0.3) is 11.0 Å². The van der Waals surface area contributed by atoms with Crippen LogP contribution >= 0.6 is 11.6 Å². The third-order valence-corrected chi connectivity index (χ3v) is 8.16. The van der Waals surface area contributed by atoms with Crippen molar-refractivity contribution in [3.05, 3.63) is 142 Å². The highest BCUT2D eigenvalue weighted by atomic mass is 35.5. The normalized spacial score (nSPS) is 12.7. The van der Waals surface area contributed by atoms with Gasteiger partial charge in [0.15, 0.2) is 0 Å². The van der Waals surface area contributed by atoms with Crippen molar-refractivity contribution < 1.29 is 27.1 Å². The van der Waals surface area contributed by atoms with E-state index in [9.17, 15) is 18.0 Å². The summed E-state index contributed by atoms with van der Waals surface area (Å²) < 4.78 is 52.3. The molecule has 0 fully saturated rings. The minimum atomic E-state index is -4.57. The van der Waals surface area contributed by atoms with Gasteiger partial charge in [0.25, 0.3) is 0 Å². The summed E-state index contributed by atoms with van der Waals surface area (Å²) in [6.07, 6.45) is -4.43. The molecule has 0 bridgehead atoms. The lowest BCUT2D eigenvalue weighted by Gasteiger charge is -2.32. The second kappa shape index (κ2) is 13.1. The summed E-state index contributed by atoms with van der Waals surface area (Å²) in [6, 6.07) is 31.2. The van der Waals surface area contributed by atoms with Gasteiger partial charge in [-0.2, -0.15) is 13.2 Å². The van der Waals surface area contributed by atoms with Crippen LogP contribution < -0.4 is 0 Å². The Hall–Kier alpha value is -4.07. The van der Waals surface area contributed by atoms with E-state index in [1.54, 1.807) is 6.07 Å². The molecular formula is C35H31ClF3NO3.